The van der Waals surface area contributed by atoms with E-state index in [4.69, 9.17) is 4.74 Å². The zero-order valence-corrected chi connectivity index (χ0v) is 12.4. The fourth-order valence-electron chi connectivity index (χ4n) is 3.24. The molecule has 2 aliphatic rings. The van der Waals surface area contributed by atoms with Gasteiger partial charge < -0.3 is 10.1 Å². The lowest BCUT2D eigenvalue weighted by molar-refractivity contribution is -0.145. The molecule has 0 bridgehead atoms. The van der Waals surface area contributed by atoms with E-state index in [-0.39, 0.29) is 24.0 Å². The predicted molar refractivity (Wildman–Crippen MR) is 78.8 cm³/mol. The monoisotopic (exact) mass is 288 g/mol. The predicted octanol–water partition coefficient (Wildman–Crippen LogP) is 1.71. The highest BCUT2D eigenvalue weighted by Crippen LogP contribution is 2.30. The van der Waals surface area contributed by atoms with E-state index in [1.807, 2.05) is 19.1 Å². The van der Waals surface area contributed by atoms with Crippen LogP contribution in [-0.4, -0.2) is 35.5 Å². The van der Waals surface area contributed by atoms with Crippen molar-refractivity contribution in [3.63, 3.8) is 0 Å². The van der Waals surface area contributed by atoms with Crippen LogP contribution < -0.4 is 5.32 Å². The number of nitrogens with one attached hydrogen (secondary N) is 1. The Kier molecular flexibility index (Phi) is 3.68. The molecular formula is C16H20N2O3. The van der Waals surface area contributed by atoms with Crippen molar-refractivity contribution in [2.75, 3.05) is 11.9 Å². The maximum Gasteiger partial charge on any atom is 0.323 e. The Bertz CT molecular complexity index is 585. The molecule has 3 rings (SSSR count). The largest absolute Gasteiger partial charge is 0.461 e. The van der Waals surface area contributed by atoms with Crippen LogP contribution in [0.15, 0.2) is 18.2 Å². The first kappa shape index (κ1) is 14.1. The number of rotatable bonds is 2. The van der Waals surface area contributed by atoms with Gasteiger partial charge in [0.25, 0.3) is 0 Å². The average Bonchev–Trinajstić information content (AvgIpc) is 2.77. The molecule has 1 saturated heterocycles. The molecule has 0 aromatic heterocycles. The molecular weight excluding hydrogens is 268 g/mol. The lowest BCUT2D eigenvalue weighted by Crippen LogP contribution is -2.42. The first-order valence-electron chi connectivity index (χ1n) is 7.37. The number of esters is 1. The summed E-state index contributed by atoms with van der Waals surface area (Å²) in [7, 11) is 0. The van der Waals surface area contributed by atoms with E-state index in [0.717, 1.165) is 31.6 Å². The number of ether oxygens (including phenoxy) is 1. The van der Waals surface area contributed by atoms with Crippen LogP contribution in [0.25, 0.3) is 0 Å². The van der Waals surface area contributed by atoms with Crippen molar-refractivity contribution in [2.45, 2.75) is 45.4 Å². The van der Waals surface area contributed by atoms with Crippen LogP contribution in [0.5, 0.6) is 0 Å². The number of fused-ring (bicyclic) bond motifs is 1. The first-order valence-corrected chi connectivity index (χ1v) is 7.37. The number of benzene rings is 1. The van der Waals surface area contributed by atoms with Crippen molar-refractivity contribution < 1.29 is 14.3 Å². The molecule has 1 fully saturated rings. The molecule has 1 N–H and O–H groups in total. The van der Waals surface area contributed by atoms with Crippen molar-refractivity contribution >= 4 is 17.6 Å². The van der Waals surface area contributed by atoms with Crippen LogP contribution in [0.2, 0.25) is 0 Å². The minimum Gasteiger partial charge on any atom is -0.461 e. The van der Waals surface area contributed by atoms with Gasteiger partial charge in [-0.25, -0.2) is 0 Å². The summed E-state index contributed by atoms with van der Waals surface area (Å²) in [6, 6.07) is 5.82. The van der Waals surface area contributed by atoms with Crippen LogP contribution >= 0.6 is 0 Å². The molecule has 5 heteroatoms. The molecule has 21 heavy (non-hydrogen) atoms. The summed E-state index contributed by atoms with van der Waals surface area (Å²) in [4.78, 5) is 25.3. The number of amides is 1. The van der Waals surface area contributed by atoms with Gasteiger partial charge in [0.1, 0.15) is 12.1 Å². The van der Waals surface area contributed by atoms with Gasteiger partial charge in [0.05, 0.1) is 0 Å². The van der Waals surface area contributed by atoms with Crippen molar-refractivity contribution in [1.29, 1.82) is 0 Å². The Morgan fingerprint density at radius 2 is 2.24 bits per heavy atom. The van der Waals surface area contributed by atoms with Gasteiger partial charge in [-0.3, -0.25) is 14.5 Å². The van der Waals surface area contributed by atoms with Crippen LogP contribution in [0.3, 0.4) is 0 Å². The molecule has 2 heterocycles. The topological polar surface area (TPSA) is 58.6 Å². The van der Waals surface area contributed by atoms with Gasteiger partial charge >= 0.3 is 5.97 Å². The number of hydrogen-bond donors (Lipinski definition) is 1. The average molecular weight is 288 g/mol. The molecule has 112 valence electrons. The van der Waals surface area contributed by atoms with Crippen molar-refractivity contribution in [1.82, 2.24) is 4.90 Å². The van der Waals surface area contributed by atoms with E-state index in [1.54, 1.807) is 0 Å². The standard InChI is InChI=1S/C16H20N2O3/c1-10-8-15(16(20)21-10)18-7-6-13-12(9-18)4-3-5-14(13)17-11(2)19/h3-5,10,15H,6-9H2,1-2H3,(H,17,19). The maximum atomic E-state index is 11.9. The number of cyclic esters (lactones) is 1. The molecule has 1 aromatic rings. The third-order valence-electron chi connectivity index (χ3n) is 4.19. The molecule has 2 unspecified atom stereocenters. The quantitative estimate of drug-likeness (QED) is 0.842. The minimum absolute atomic E-state index is 0.00890. The molecule has 0 saturated carbocycles. The Morgan fingerprint density at radius 1 is 1.43 bits per heavy atom. The van der Waals surface area contributed by atoms with Gasteiger partial charge in [0, 0.05) is 32.1 Å². The van der Waals surface area contributed by atoms with Gasteiger partial charge in [-0.1, -0.05) is 12.1 Å². The lowest BCUT2D eigenvalue weighted by atomic mass is 9.96. The van der Waals surface area contributed by atoms with E-state index in [9.17, 15) is 9.59 Å². The second-order valence-corrected chi connectivity index (χ2v) is 5.84. The SMILES string of the molecule is CC(=O)Nc1cccc2c1CCN(C1CC(C)OC1=O)C2. The Balaban J connectivity index is 1.80. The molecule has 0 aliphatic carbocycles. The Labute approximate surface area is 124 Å². The number of carbonyl (C=O) groups is 2. The zero-order chi connectivity index (χ0) is 15.0. The molecule has 0 spiro atoms. The third kappa shape index (κ3) is 2.78. The first-order chi connectivity index (χ1) is 10.0. The van der Waals surface area contributed by atoms with Crippen LogP contribution in [0, 0.1) is 0 Å². The number of anilines is 1. The van der Waals surface area contributed by atoms with Crippen LogP contribution in [0.4, 0.5) is 5.69 Å². The van der Waals surface area contributed by atoms with Crippen molar-refractivity contribution in [3.8, 4) is 0 Å². The summed E-state index contributed by atoms with van der Waals surface area (Å²) in [5, 5.41) is 2.88. The van der Waals surface area contributed by atoms with Gasteiger partial charge in [-0.15, -0.1) is 0 Å². The fraction of sp³-hybridized carbons (Fsp3) is 0.500. The van der Waals surface area contributed by atoms with E-state index in [2.05, 4.69) is 16.3 Å². The summed E-state index contributed by atoms with van der Waals surface area (Å²) >= 11 is 0. The van der Waals surface area contributed by atoms with Gasteiger partial charge in [0.15, 0.2) is 0 Å². The fourth-order valence-corrected chi connectivity index (χ4v) is 3.24. The normalized spacial score (nSPS) is 25.3. The summed E-state index contributed by atoms with van der Waals surface area (Å²) < 4.78 is 5.25. The van der Waals surface area contributed by atoms with Gasteiger partial charge in [0.2, 0.25) is 5.91 Å². The Morgan fingerprint density at radius 3 is 2.90 bits per heavy atom. The van der Waals surface area contributed by atoms with E-state index in [0.29, 0.717) is 0 Å². The van der Waals surface area contributed by atoms with Crippen LogP contribution in [-0.2, 0) is 27.3 Å². The van der Waals surface area contributed by atoms with E-state index >= 15 is 0 Å². The summed E-state index contributed by atoms with van der Waals surface area (Å²) in [6.07, 6.45) is 1.61. The summed E-state index contributed by atoms with van der Waals surface area (Å²) in [6.45, 7) is 5.00. The summed E-state index contributed by atoms with van der Waals surface area (Å²) in [5.74, 6) is -0.164. The smallest absolute Gasteiger partial charge is 0.323 e. The third-order valence-corrected chi connectivity index (χ3v) is 4.19. The molecule has 1 aromatic carbocycles. The maximum absolute atomic E-state index is 11.9. The molecule has 2 atom stereocenters. The summed E-state index contributed by atoms with van der Waals surface area (Å²) in [5.41, 5.74) is 3.25. The zero-order valence-electron chi connectivity index (χ0n) is 12.4. The van der Waals surface area contributed by atoms with Gasteiger partial charge in [-0.2, -0.15) is 0 Å². The van der Waals surface area contributed by atoms with Crippen molar-refractivity contribution in [3.05, 3.63) is 29.3 Å². The lowest BCUT2D eigenvalue weighted by Gasteiger charge is -2.32. The number of hydrogen-bond acceptors (Lipinski definition) is 4. The number of carbonyl (C=O) groups excluding carboxylic acids is 2. The highest BCUT2D eigenvalue weighted by Gasteiger charge is 2.37. The highest BCUT2D eigenvalue weighted by atomic mass is 16.6. The molecule has 2 aliphatic heterocycles. The minimum atomic E-state index is -0.127. The second kappa shape index (κ2) is 5.48. The van der Waals surface area contributed by atoms with Crippen LogP contribution in [0.1, 0.15) is 31.4 Å². The van der Waals surface area contributed by atoms with E-state index < -0.39 is 0 Å². The molecule has 1 amide bonds. The number of nitrogens with zero attached hydrogens (tertiary/aromatic N) is 1. The van der Waals surface area contributed by atoms with E-state index in [1.165, 1.54) is 18.1 Å². The van der Waals surface area contributed by atoms with Gasteiger partial charge in [-0.05, 0) is 30.5 Å². The van der Waals surface area contributed by atoms with Crippen molar-refractivity contribution in [2.24, 2.45) is 0 Å². The highest BCUT2D eigenvalue weighted by molar-refractivity contribution is 5.89. The second-order valence-electron chi connectivity index (χ2n) is 5.84. The molecule has 0 radical (unpaired) electrons. The molecule has 5 nitrogen and oxygen atoms in total. The Hall–Kier alpha value is -1.88.